The van der Waals surface area contributed by atoms with E-state index in [1.54, 1.807) is 13.8 Å². The Labute approximate surface area is 588 Å². The number of nitrogens with one attached hydrogen (secondary N) is 3. The van der Waals surface area contributed by atoms with E-state index in [1.165, 1.54) is 78.7 Å². The number of hydrogen-bond donors (Lipinski definition) is 3. The lowest BCUT2D eigenvalue weighted by Crippen LogP contribution is -2.65. The summed E-state index contributed by atoms with van der Waals surface area (Å²) < 4.78 is 47.5. The van der Waals surface area contributed by atoms with Gasteiger partial charge in [-0.25, -0.2) is 0 Å². The maximum Gasteiger partial charge on any atom is 0.393 e. The first-order valence-electron chi connectivity index (χ1n) is 36.2. The molecule has 3 aliphatic carbocycles. The number of hydrogen-bond acceptors (Lipinski definition) is 13. The number of rotatable bonds is 12. The summed E-state index contributed by atoms with van der Waals surface area (Å²) in [6.07, 6.45) is 2.24. The molecular weight excluding hydrogens is 1310 g/mol. The average molecular weight is 1420 g/mol. The van der Waals surface area contributed by atoms with Crippen LogP contribution in [0.2, 0.25) is 0 Å². The Morgan fingerprint density at radius 2 is 1.21 bits per heavy atom. The van der Waals surface area contributed by atoms with Crippen molar-refractivity contribution in [1.82, 2.24) is 60.0 Å². The molecule has 6 rings (SSSR count). The van der Waals surface area contributed by atoms with Gasteiger partial charge in [-0.05, 0) is 100 Å². The van der Waals surface area contributed by atoms with Gasteiger partial charge in [-0.1, -0.05) is 99.3 Å². The SMILES string of the molecule is CC[C@H](C)[C@@H]1NC(=O)[C@H](CC(C)C)N(C)C(=O)C[C@@H](C(=O)N2CCOCC2)N(C)C(=O)[C@H]([C@@H](C)CC)N(C)C(=O)C2(CCCC2)NC(=O)[C@@H]2CCCN2C(=O)[C@H](CCC2CCC(C(F)(F)F)C(Cl)C2)NC(=O)CN(C)C(=O)[C@H](CC2CCCCC2)N(C)C(=O)CN(C)C(=O)CN(C)C1=O. The number of fused-ring (bicyclic) bond motifs is 1. The molecule has 0 radical (unpaired) electrons. The Balaban J connectivity index is 1.41. The number of nitrogens with zero attached hydrogens (tertiary/aromatic N) is 9. The standard InChI is InChI=1S/C70H114ClF3N12O13/c1-14-44(5)59-66(96)80(9)41-57(89)78(7)42-58(90)82(11)53(38-46-22-17-16-18-23-46)64(94)79(8)40-55(87)75-50(28-26-47-25-27-48(49(71)37-47)70(72,73)74)63(93)86-31-21-24-51(86)62(92)77-69(29-19-20-30-69)68(98)84(13)60(45(6)15-2)67(97)83(12)54(65(95)85-32-34-99-35-33-85)39-56(88)81(10)52(36-43(3)4)61(91)76-59/h43-54,59-60H,14-42H2,1-13H3,(H,75,87)(H,76,91)(H,77,92)/t44-,45-,47?,48?,49?,50-,51-,52-,53-,54-,59-,60-/m0/s1. The van der Waals surface area contributed by atoms with Gasteiger partial charge >= 0.3 is 6.18 Å². The summed E-state index contributed by atoms with van der Waals surface area (Å²) >= 11 is 6.39. The maximum absolute atomic E-state index is 15.5. The second-order valence-corrected chi connectivity index (χ2v) is 30.3. The predicted octanol–water partition coefficient (Wildman–Crippen LogP) is 4.80. The highest BCUT2D eigenvalue weighted by Crippen LogP contribution is 2.44. The minimum Gasteiger partial charge on any atom is -0.378 e. The van der Waals surface area contributed by atoms with Gasteiger partial charge < -0.3 is 64.8 Å². The van der Waals surface area contributed by atoms with Gasteiger partial charge in [0.15, 0.2) is 0 Å². The number of amides is 12. The van der Waals surface area contributed by atoms with Crippen LogP contribution < -0.4 is 16.0 Å². The fourth-order valence-corrected chi connectivity index (χ4v) is 15.9. The lowest BCUT2D eigenvalue weighted by atomic mass is 9.78. The summed E-state index contributed by atoms with van der Waals surface area (Å²) in [5.74, 6) is -11.1. The third kappa shape index (κ3) is 20.9. The first kappa shape index (κ1) is 81.6. The Hall–Kier alpha value is -6.32. The van der Waals surface area contributed by atoms with Crippen LogP contribution >= 0.6 is 11.6 Å². The van der Waals surface area contributed by atoms with Gasteiger partial charge in [0.25, 0.3) is 0 Å². The normalized spacial score (nSPS) is 29.5. The fourth-order valence-electron chi connectivity index (χ4n) is 15.4. The van der Waals surface area contributed by atoms with Crippen LogP contribution in [-0.4, -0.2) is 276 Å². The van der Waals surface area contributed by atoms with Crippen LogP contribution in [0, 0.1) is 35.5 Å². The molecule has 12 atom stereocenters. The molecule has 3 saturated carbocycles. The number of alkyl halides is 4. The van der Waals surface area contributed by atoms with Crippen molar-refractivity contribution < 1.29 is 75.4 Å². The zero-order chi connectivity index (χ0) is 73.5. The van der Waals surface area contributed by atoms with Crippen molar-refractivity contribution in [3.05, 3.63) is 0 Å². The van der Waals surface area contributed by atoms with Crippen molar-refractivity contribution in [2.45, 2.75) is 236 Å². The second kappa shape index (κ2) is 36.5. The molecule has 6 aliphatic rings. The molecule has 0 aromatic heterocycles. The molecule has 3 aliphatic heterocycles. The van der Waals surface area contributed by atoms with Crippen LogP contribution in [0.5, 0.6) is 0 Å². The number of carbonyl (C=O) groups is 12. The van der Waals surface area contributed by atoms with Crippen LogP contribution in [-0.2, 0) is 62.3 Å². The monoisotopic (exact) mass is 1420 g/mol. The Kier molecular flexibility index (Phi) is 30.1. The molecule has 0 aromatic rings. The van der Waals surface area contributed by atoms with Crippen LogP contribution in [0.4, 0.5) is 13.2 Å². The Morgan fingerprint density at radius 1 is 0.606 bits per heavy atom. The van der Waals surface area contributed by atoms with E-state index in [9.17, 15) is 51.5 Å². The largest absolute Gasteiger partial charge is 0.393 e. The van der Waals surface area contributed by atoms with Crippen molar-refractivity contribution in [3.8, 4) is 0 Å². The third-order valence-corrected chi connectivity index (χ3v) is 22.7. The summed E-state index contributed by atoms with van der Waals surface area (Å²) in [7, 11) is 9.88. The molecule has 25 nitrogen and oxygen atoms in total. The van der Waals surface area contributed by atoms with Crippen molar-refractivity contribution in [1.29, 1.82) is 0 Å². The lowest BCUT2D eigenvalue weighted by molar-refractivity contribution is -0.182. The molecule has 3 saturated heterocycles. The number of carbonyl (C=O) groups excluding carboxylic acids is 12. The second-order valence-electron chi connectivity index (χ2n) is 29.8. The summed E-state index contributed by atoms with van der Waals surface area (Å²) in [4.78, 5) is 190. The van der Waals surface area contributed by atoms with Crippen LogP contribution in [0.15, 0.2) is 0 Å². The van der Waals surface area contributed by atoms with Crippen molar-refractivity contribution >= 4 is 82.5 Å². The highest BCUT2D eigenvalue weighted by Gasteiger charge is 2.52. The molecule has 6 fully saturated rings. The molecule has 99 heavy (non-hydrogen) atoms. The van der Waals surface area contributed by atoms with Gasteiger partial charge in [0, 0.05) is 74.3 Å². The van der Waals surface area contributed by atoms with Gasteiger partial charge in [0.2, 0.25) is 70.9 Å². The molecule has 3 N–H and O–H groups in total. The summed E-state index contributed by atoms with van der Waals surface area (Å²) in [5.41, 5.74) is -1.58. The number of ether oxygens (including phenoxy) is 1. The van der Waals surface area contributed by atoms with Gasteiger partial charge in [-0.15, -0.1) is 11.6 Å². The van der Waals surface area contributed by atoms with E-state index in [-0.39, 0.29) is 115 Å². The van der Waals surface area contributed by atoms with Crippen LogP contribution in [0.3, 0.4) is 0 Å². The summed E-state index contributed by atoms with van der Waals surface area (Å²) in [5, 5.41) is 7.54. The zero-order valence-corrected chi connectivity index (χ0v) is 61.7. The summed E-state index contributed by atoms with van der Waals surface area (Å²) in [6.45, 7) is 10.00. The van der Waals surface area contributed by atoms with E-state index < -0.39 is 174 Å². The minimum absolute atomic E-state index is 0.00470. The smallest absolute Gasteiger partial charge is 0.378 e. The first-order chi connectivity index (χ1) is 46.6. The Morgan fingerprint density at radius 3 is 1.81 bits per heavy atom. The predicted molar refractivity (Wildman–Crippen MR) is 364 cm³/mol. The van der Waals surface area contributed by atoms with Gasteiger partial charge in [-0.3, -0.25) is 57.5 Å². The minimum atomic E-state index is -4.51. The van der Waals surface area contributed by atoms with E-state index in [0.717, 1.165) is 46.8 Å². The lowest BCUT2D eigenvalue weighted by Gasteiger charge is -2.42. The number of morpholine rings is 1. The average Bonchev–Trinajstić information content (AvgIpc) is 1.77. The van der Waals surface area contributed by atoms with E-state index in [0.29, 0.717) is 32.1 Å². The highest BCUT2D eigenvalue weighted by atomic mass is 35.5. The van der Waals surface area contributed by atoms with Gasteiger partial charge in [-0.2, -0.15) is 13.2 Å². The molecule has 3 heterocycles. The number of likely N-dealkylation sites (N-methyl/N-ethyl adjacent to an activating group) is 7. The quantitative estimate of drug-likeness (QED) is 0.222. The van der Waals surface area contributed by atoms with E-state index in [2.05, 4.69) is 16.0 Å². The molecule has 29 heteroatoms. The number of halogens is 4. The molecule has 560 valence electrons. The Bertz CT molecular complexity index is 2860. The van der Waals surface area contributed by atoms with Crippen molar-refractivity contribution in [2.24, 2.45) is 35.5 Å². The topological polar surface area (TPSA) is 279 Å². The molecule has 1 spiro atoms. The molecule has 12 amide bonds. The zero-order valence-electron chi connectivity index (χ0n) is 60.9. The van der Waals surface area contributed by atoms with Crippen LogP contribution in [0.1, 0.15) is 176 Å². The molecule has 0 bridgehead atoms. The van der Waals surface area contributed by atoms with Gasteiger partial charge in [0.05, 0.1) is 45.2 Å². The summed E-state index contributed by atoms with van der Waals surface area (Å²) in [6, 6.07) is -8.75. The third-order valence-electron chi connectivity index (χ3n) is 22.2. The van der Waals surface area contributed by atoms with Crippen LogP contribution in [0.25, 0.3) is 0 Å². The molecule has 3 unspecified atom stereocenters. The van der Waals surface area contributed by atoms with E-state index in [4.69, 9.17) is 16.3 Å². The van der Waals surface area contributed by atoms with E-state index >= 15 is 19.2 Å². The highest BCUT2D eigenvalue weighted by molar-refractivity contribution is 6.21. The molecular formula is C70H114ClF3N12O13. The van der Waals surface area contributed by atoms with Crippen molar-refractivity contribution in [2.75, 3.05) is 102 Å². The molecule has 0 aromatic carbocycles. The fraction of sp³-hybridized carbons (Fsp3) is 0.829. The first-order valence-corrected chi connectivity index (χ1v) is 36.6. The van der Waals surface area contributed by atoms with Crippen molar-refractivity contribution in [3.63, 3.8) is 0 Å². The van der Waals surface area contributed by atoms with Gasteiger partial charge in [0.1, 0.15) is 47.8 Å². The van der Waals surface area contributed by atoms with E-state index in [1.807, 2.05) is 27.7 Å². The maximum atomic E-state index is 15.5.